The largest absolute Gasteiger partial charge is 0.495 e. The van der Waals surface area contributed by atoms with Gasteiger partial charge in [0.15, 0.2) is 0 Å². The Hall–Kier alpha value is -0.790. The number of ether oxygens (including phenoxy) is 1. The van der Waals surface area contributed by atoms with Gasteiger partial charge in [-0.1, -0.05) is 13.8 Å². The first-order chi connectivity index (χ1) is 9.38. The molecule has 0 amide bonds. The van der Waals surface area contributed by atoms with Gasteiger partial charge in [0.1, 0.15) is 10.6 Å². The van der Waals surface area contributed by atoms with Crippen LogP contribution in [0, 0.1) is 0 Å². The number of hydrogen-bond donors (Lipinski definition) is 1. The van der Waals surface area contributed by atoms with E-state index in [-0.39, 0.29) is 4.90 Å². The lowest BCUT2D eigenvalue weighted by molar-refractivity contribution is 0.387. The van der Waals surface area contributed by atoms with E-state index in [2.05, 4.69) is 15.9 Å². The maximum Gasteiger partial charge on any atom is 0.246 e. The van der Waals surface area contributed by atoms with E-state index in [0.717, 1.165) is 12.8 Å². The molecular weight excluding hydrogens is 344 g/mol. The molecule has 0 aliphatic rings. The monoisotopic (exact) mass is 364 g/mol. The van der Waals surface area contributed by atoms with Crippen LogP contribution in [-0.2, 0) is 10.0 Å². The Morgan fingerprint density at radius 1 is 1.25 bits per heavy atom. The van der Waals surface area contributed by atoms with Crippen molar-refractivity contribution in [1.29, 1.82) is 0 Å². The van der Waals surface area contributed by atoms with Crippen molar-refractivity contribution in [3.05, 3.63) is 16.6 Å². The molecular formula is C13H21BrN2O3S. The summed E-state index contributed by atoms with van der Waals surface area (Å²) >= 11 is 3.27. The normalized spacial score (nSPS) is 11.8. The second-order valence-corrected chi connectivity index (χ2v) is 7.19. The predicted octanol–water partition coefficient (Wildman–Crippen LogP) is 2.85. The Morgan fingerprint density at radius 2 is 1.80 bits per heavy atom. The molecule has 0 radical (unpaired) electrons. The smallest absolute Gasteiger partial charge is 0.246 e. The van der Waals surface area contributed by atoms with Gasteiger partial charge in [-0.2, -0.15) is 4.31 Å². The average molecular weight is 365 g/mol. The zero-order valence-electron chi connectivity index (χ0n) is 12.0. The van der Waals surface area contributed by atoms with E-state index in [1.807, 2.05) is 13.8 Å². The molecule has 0 heterocycles. The Morgan fingerprint density at radius 3 is 2.25 bits per heavy atom. The summed E-state index contributed by atoms with van der Waals surface area (Å²) in [5, 5.41) is 0. The molecule has 0 aliphatic carbocycles. The predicted molar refractivity (Wildman–Crippen MR) is 84.4 cm³/mol. The summed E-state index contributed by atoms with van der Waals surface area (Å²) in [5.74, 6) is 0.295. The minimum atomic E-state index is -3.60. The highest BCUT2D eigenvalue weighted by Gasteiger charge is 2.27. The molecule has 0 atom stereocenters. The van der Waals surface area contributed by atoms with Crippen LogP contribution in [0.2, 0.25) is 0 Å². The molecule has 7 heteroatoms. The second-order valence-electron chi connectivity index (χ2n) is 4.43. The summed E-state index contributed by atoms with van der Waals surface area (Å²) < 4.78 is 32.7. The molecule has 0 saturated heterocycles. The Labute approximate surface area is 129 Å². The number of nitrogen functional groups attached to an aromatic ring is 1. The molecule has 0 spiro atoms. The van der Waals surface area contributed by atoms with Crippen molar-refractivity contribution in [3.8, 4) is 5.75 Å². The summed E-state index contributed by atoms with van der Waals surface area (Å²) in [4.78, 5) is 0.114. The Bertz CT molecular complexity index is 555. The molecule has 0 unspecified atom stereocenters. The number of methoxy groups -OCH3 is 1. The number of hydrogen-bond acceptors (Lipinski definition) is 4. The maximum absolute atomic E-state index is 12.7. The van der Waals surface area contributed by atoms with Crippen LogP contribution in [0.5, 0.6) is 5.75 Å². The van der Waals surface area contributed by atoms with E-state index in [1.165, 1.54) is 17.5 Å². The minimum Gasteiger partial charge on any atom is -0.495 e. The third-order valence-electron chi connectivity index (χ3n) is 2.85. The second kappa shape index (κ2) is 7.28. The van der Waals surface area contributed by atoms with E-state index >= 15 is 0 Å². The van der Waals surface area contributed by atoms with Crippen molar-refractivity contribution in [2.75, 3.05) is 25.9 Å². The molecule has 0 saturated carbocycles. The van der Waals surface area contributed by atoms with Crippen molar-refractivity contribution in [2.45, 2.75) is 31.6 Å². The zero-order valence-corrected chi connectivity index (χ0v) is 14.4. The van der Waals surface area contributed by atoms with Crippen LogP contribution < -0.4 is 10.5 Å². The number of benzene rings is 1. The molecule has 0 bridgehead atoms. The van der Waals surface area contributed by atoms with Gasteiger partial charge in [0, 0.05) is 23.2 Å². The summed E-state index contributed by atoms with van der Waals surface area (Å²) in [6.45, 7) is 4.86. The topological polar surface area (TPSA) is 72.6 Å². The van der Waals surface area contributed by atoms with Crippen LogP contribution in [0.25, 0.3) is 0 Å². The number of rotatable bonds is 7. The highest BCUT2D eigenvalue weighted by atomic mass is 79.9. The quantitative estimate of drug-likeness (QED) is 0.755. The molecule has 1 rings (SSSR count). The molecule has 1 aromatic carbocycles. The number of halogens is 1. The zero-order chi connectivity index (χ0) is 15.3. The summed E-state index contributed by atoms with van der Waals surface area (Å²) in [6.07, 6.45) is 1.51. The van der Waals surface area contributed by atoms with Crippen molar-refractivity contribution < 1.29 is 13.2 Å². The SMILES string of the molecule is CCCN(CCC)S(=O)(=O)c1cc(N)c(Br)cc1OC. The summed E-state index contributed by atoms with van der Waals surface area (Å²) in [6, 6.07) is 3.02. The van der Waals surface area contributed by atoms with Gasteiger partial charge in [-0.15, -0.1) is 0 Å². The first-order valence-electron chi connectivity index (χ1n) is 6.51. The molecule has 2 N–H and O–H groups in total. The number of nitrogens with two attached hydrogens (primary N) is 1. The first-order valence-corrected chi connectivity index (χ1v) is 8.74. The highest BCUT2D eigenvalue weighted by molar-refractivity contribution is 9.10. The number of nitrogens with zero attached hydrogens (tertiary/aromatic N) is 1. The lowest BCUT2D eigenvalue weighted by atomic mass is 10.3. The molecule has 114 valence electrons. The van der Waals surface area contributed by atoms with E-state index in [4.69, 9.17) is 10.5 Å². The summed E-state index contributed by atoms with van der Waals surface area (Å²) in [7, 11) is -2.15. The third-order valence-corrected chi connectivity index (χ3v) is 5.45. The number of sulfonamides is 1. The number of anilines is 1. The standard InChI is InChI=1S/C13H21BrN2O3S/c1-4-6-16(7-5-2)20(17,18)13-9-11(15)10(14)8-12(13)19-3/h8-9H,4-7,15H2,1-3H3. The molecule has 20 heavy (non-hydrogen) atoms. The third kappa shape index (κ3) is 3.65. The van der Waals surface area contributed by atoms with Gasteiger partial charge in [0.2, 0.25) is 10.0 Å². The van der Waals surface area contributed by atoms with Crippen LogP contribution >= 0.6 is 15.9 Å². The van der Waals surface area contributed by atoms with Crippen molar-refractivity contribution in [1.82, 2.24) is 4.31 Å². The van der Waals surface area contributed by atoms with Gasteiger partial charge >= 0.3 is 0 Å². The van der Waals surface area contributed by atoms with Gasteiger partial charge in [0.25, 0.3) is 0 Å². The van der Waals surface area contributed by atoms with E-state index in [1.54, 1.807) is 6.07 Å². The highest BCUT2D eigenvalue weighted by Crippen LogP contribution is 2.34. The molecule has 0 fully saturated rings. The fourth-order valence-corrected chi connectivity index (χ4v) is 4.02. The lowest BCUT2D eigenvalue weighted by Crippen LogP contribution is -2.32. The first kappa shape index (κ1) is 17.3. The van der Waals surface area contributed by atoms with Gasteiger partial charge < -0.3 is 10.5 Å². The van der Waals surface area contributed by atoms with E-state index in [0.29, 0.717) is 29.0 Å². The van der Waals surface area contributed by atoms with Gasteiger partial charge in [-0.3, -0.25) is 0 Å². The minimum absolute atomic E-state index is 0.114. The maximum atomic E-state index is 12.7. The van der Waals surface area contributed by atoms with Crippen LogP contribution in [0.15, 0.2) is 21.5 Å². The Kier molecular flexibility index (Phi) is 6.29. The van der Waals surface area contributed by atoms with E-state index in [9.17, 15) is 8.42 Å². The van der Waals surface area contributed by atoms with Crippen LogP contribution in [-0.4, -0.2) is 32.9 Å². The van der Waals surface area contributed by atoms with Crippen molar-refractivity contribution in [2.24, 2.45) is 0 Å². The van der Waals surface area contributed by atoms with Crippen LogP contribution in [0.4, 0.5) is 5.69 Å². The summed E-state index contributed by atoms with van der Waals surface area (Å²) in [5.41, 5.74) is 6.18. The van der Waals surface area contributed by atoms with Crippen LogP contribution in [0.3, 0.4) is 0 Å². The lowest BCUT2D eigenvalue weighted by Gasteiger charge is -2.22. The van der Waals surface area contributed by atoms with Gasteiger partial charge in [0.05, 0.1) is 7.11 Å². The molecule has 1 aromatic rings. The van der Waals surface area contributed by atoms with Crippen molar-refractivity contribution >= 4 is 31.6 Å². The fourth-order valence-electron chi connectivity index (χ4n) is 1.90. The molecule has 0 aliphatic heterocycles. The molecule has 0 aromatic heterocycles. The van der Waals surface area contributed by atoms with Gasteiger partial charge in [-0.05, 0) is 40.9 Å². The fraction of sp³-hybridized carbons (Fsp3) is 0.538. The Balaban J connectivity index is 3.36. The van der Waals surface area contributed by atoms with Crippen LogP contribution in [0.1, 0.15) is 26.7 Å². The molecule has 5 nitrogen and oxygen atoms in total. The van der Waals surface area contributed by atoms with Crippen molar-refractivity contribution in [3.63, 3.8) is 0 Å². The van der Waals surface area contributed by atoms with E-state index < -0.39 is 10.0 Å². The average Bonchev–Trinajstić information content (AvgIpc) is 2.41. The van der Waals surface area contributed by atoms with Gasteiger partial charge in [-0.25, -0.2) is 8.42 Å².